The second-order valence-electron chi connectivity index (χ2n) is 3.26. The number of nitrogen functional groups attached to an aromatic ring is 1. The van der Waals surface area contributed by atoms with Gasteiger partial charge in [0.25, 0.3) is 0 Å². The van der Waals surface area contributed by atoms with Crippen molar-refractivity contribution in [1.82, 2.24) is 9.78 Å². The maximum absolute atomic E-state index is 5.84. The Morgan fingerprint density at radius 3 is 2.67 bits per heavy atom. The lowest BCUT2D eigenvalue weighted by molar-refractivity contribution is 0.473. The summed E-state index contributed by atoms with van der Waals surface area (Å²) in [6, 6.07) is 0.538. The van der Waals surface area contributed by atoms with Gasteiger partial charge in [0, 0.05) is 0 Å². The van der Waals surface area contributed by atoms with Crippen LogP contribution in [0.25, 0.3) is 0 Å². The molecule has 1 saturated carbocycles. The molecule has 66 valence electrons. The topological polar surface area (TPSA) is 43.8 Å². The van der Waals surface area contributed by atoms with E-state index >= 15 is 0 Å². The first-order valence-electron chi connectivity index (χ1n) is 4.27. The molecule has 0 bridgehead atoms. The van der Waals surface area contributed by atoms with E-state index in [1.165, 1.54) is 25.7 Å². The molecule has 1 aromatic rings. The van der Waals surface area contributed by atoms with Gasteiger partial charge in [0.05, 0.1) is 16.7 Å². The first-order chi connectivity index (χ1) is 5.79. The van der Waals surface area contributed by atoms with Crippen LogP contribution in [0.15, 0.2) is 10.7 Å². The lowest BCUT2D eigenvalue weighted by Crippen LogP contribution is -2.09. The summed E-state index contributed by atoms with van der Waals surface area (Å²) in [5.74, 6) is 0.766. The van der Waals surface area contributed by atoms with E-state index in [-0.39, 0.29) is 0 Å². The molecular formula is C8H12BrN3. The molecule has 0 spiro atoms. The van der Waals surface area contributed by atoms with E-state index in [0.29, 0.717) is 6.04 Å². The van der Waals surface area contributed by atoms with Crippen LogP contribution < -0.4 is 5.73 Å². The minimum absolute atomic E-state index is 0.538. The van der Waals surface area contributed by atoms with E-state index in [9.17, 15) is 0 Å². The van der Waals surface area contributed by atoms with Crippen molar-refractivity contribution in [2.24, 2.45) is 0 Å². The Morgan fingerprint density at radius 1 is 1.50 bits per heavy atom. The zero-order chi connectivity index (χ0) is 8.55. The third-order valence-corrected chi connectivity index (χ3v) is 3.07. The summed E-state index contributed by atoms with van der Waals surface area (Å²) in [7, 11) is 0. The minimum Gasteiger partial charge on any atom is -0.383 e. The van der Waals surface area contributed by atoms with Gasteiger partial charge < -0.3 is 5.73 Å². The van der Waals surface area contributed by atoms with Crippen LogP contribution in [-0.2, 0) is 0 Å². The van der Waals surface area contributed by atoms with E-state index in [4.69, 9.17) is 5.73 Å². The van der Waals surface area contributed by atoms with Crippen LogP contribution in [0.2, 0.25) is 0 Å². The van der Waals surface area contributed by atoms with Gasteiger partial charge in [-0.25, -0.2) is 4.68 Å². The molecule has 0 unspecified atom stereocenters. The summed E-state index contributed by atoms with van der Waals surface area (Å²) in [6.45, 7) is 0. The summed E-state index contributed by atoms with van der Waals surface area (Å²) in [5, 5.41) is 4.24. The SMILES string of the molecule is Nc1c(Br)cnn1C1CCCC1. The number of halogens is 1. The second-order valence-corrected chi connectivity index (χ2v) is 4.11. The molecule has 0 radical (unpaired) electrons. The summed E-state index contributed by atoms with van der Waals surface area (Å²) in [5.41, 5.74) is 5.84. The van der Waals surface area contributed by atoms with Crippen molar-refractivity contribution in [3.8, 4) is 0 Å². The van der Waals surface area contributed by atoms with Gasteiger partial charge in [-0.3, -0.25) is 0 Å². The second kappa shape index (κ2) is 3.09. The van der Waals surface area contributed by atoms with Gasteiger partial charge in [0.2, 0.25) is 0 Å². The first kappa shape index (κ1) is 8.10. The molecule has 2 rings (SSSR count). The van der Waals surface area contributed by atoms with Gasteiger partial charge in [0.1, 0.15) is 5.82 Å². The summed E-state index contributed by atoms with van der Waals surface area (Å²) in [6.07, 6.45) is 6.83. The molecule has 0 saturated heterocycles. The van der Waals surface area contributed by atoms with Crippen molar-refractivity contribution in [3.05, 3.63) is 10.7 Å². The Labute approximate surface area is 80.1 Å². The molecule has 1 aliphatic rings. The lowest BCUT2D eigenvalue weighted by Gasteiger charge is -2.11. The fourth-order valence-corrected chi connectivity index (χ4v) is 2.06. The predicted molar refractivity (Wildman–Crippen MR) is 51.8 cm³/mol. The number of hydrogen-bond acceptors (Lipinski definition) is 2. The number of nitrogens with two attached hydrogens (primary N) is 1. The molecule has 12 heavy (non-hydrogen) atoms. The van der Waals surface area contributed by atoms with Crippen molar-refractivity contribution in [3.63, 3.8) is 0 Å². The third kappa shape index (κ3) is 1.24. The number of anilines is 1. The van der Waals surface area contributed by atoms with Gasteiger partial charge in [0.15, 0.2) is 0 Å². The van der Waals surface area contributed by atoms with Gasteiger partial charge >= 0.3 is 0 Å². The van der Waals surface area contributed by atoms with E-state index in [1.807, 2.05) is 4.68 Å². The summed E-state index contributed by atoms with van der Waals surface area (Å²) >= 11 is 3.35. The Kier molecular flexibility index (Phi) is 2.09. The fraction of sp³-hybridized carbons (Fsp3) is 0.625. The molecule has 1 aromatic heterocycles. The molecule has 0 atom stereocenters. The summed E-state index contributed by atoms with van der Waals surface area (Å²) < 4.78 is 2.85. The zero-order valence-corrected chi connectivity index (χ0v) is 8.42. The molecule has 3 nitrogen and oxygen atoms in total. The van der Waals surface area contributed by atoms with Gasteiger partial charge in [-0.1, -0.05) is 12.8 Å². The monoisotopic (exact) mass is 229 g/mol. The standard InChI is InChI=1S/C8H12BrN3/c9-7-5-11-12(8(7)10)6-3-1-2-4-6/h5-6H,1-4,10H2. The van der Waals surface area contributed by atoms with E-state index in [0.717, 1.165) is 10.3 Å². The van der Waals surface area contributed by atoms with E-state index < -0.39 is 0 Å². The van der Waals surface area contributed by atoms with Crippen LogP contribution in [0.4, 0.5) is 5.82 Å². The highest BCUT2D eigenvalue weighted by Gasteiger charge is 2.19. The van der Waals surface area contributed by atoms with Crippen molar-refractivity contribution in [1.29, 1.82) is 0 Å². The molecular weight excluding hydrogens is 218 g/mol. The fourth-order valence-electron chi connectivity index (χ4n) is 1.79. The highest BCUT2D eigenvalue weighted by atomic mass is 79.9. The lowest BCUT2D eigenvalue weighted by atomic mass is 10.2. The molecule has 1 heterocycles. The average molecular weight is 230 g/mol. The Bertz CT molecular complexity index is 276. The highest BCUT2D eigenvalue weighted by Crippen LogP contribution is 2.32. The zero-order valence-electron chi connectivity index (χ0n) is 6.83. The highest BCUT2D eigenvalue weighted by molar-refractivity contribution is 9.10. The van der Waals surface area contributed by atoms with Crippen LogP contribution in [0, 0.1) is 0 Å². The Balaban J connectivity index is 2.26. The molecule has 0 amide bonds. The Morgan fingerprint density at radius 2 is 2.17 bits per heavy atom. The van der Waals surface area contributed by atoms with Crippen LogP contribution in [-0.4, -0.2) is 9.78 Å². The number of hydrogen-bond donors (Lipinski definition) is 1. The molecule has 0 aliphatic heterocycles. The molecule has 1 aliphatic carbocycles. The summed E-state index contributed by atoms with van der Waals surface area (Å²) in [4.78, 5) is 0. The molecule has 4 heteroatoms. The maximum Gasteiger partial charge on any atom is 0.136 e. The van der Waals surface area contributed by atoms with Crippen molar-refractivity contribution < 1.29 is 0 Å². The van der Waals surface area contributed by atoms with Crippen molar-refractivity contribution in [2.75, 3.05) is 5.73 Å². The van der Waals surface area contributed by atoms with E-state index in [1.54, 1.807) is 6.20 Å². The third-order valence-electron chi connectivity index (χ3n) is 2.46. The predicted octanol–water partition coefficient (Wildman–Crippen LogP) is 2.34. The molecule has 1 fully saturated rings. The Hall–Kier alpha value is -0.510. The van der Waals surface area contributed by atoms with Crippen LogP contribution in [0.1, 0.15) is 31.7 Å². The first-order valence-corrected chi connectivity index (χ1v) is 5.07. The molecule has 2 N–H and O–H groups in total. The van der Waals surface area contributed by atoms with Gasteiger partial charge in [-0.05, 0) is 28.8 Å². The maximum atomic E-state index is 5.84. The number of aromatic nitrogens is 2. The van der Waals surface area contributed by atoms with Gasteiger partial charge in [-0.15, -0.1) is 0 Å². The van der Waals surface area contributed by atoms with Crippen molar-refractivity contribution >= 4 is 21.7 Å². The largest absolute Gasteiger partial charge is 0.383 e. The smallest absolute Gasteiger partial charge is 0.136 e. The van der Waals surface area contributed by atoms with Crippen molar-refractivity contribution in [2.45, 2.75) is 31.7 Å². The number of nitrogens with zero attached hydrogens (tertiary/aromatic N) is 2. The van der Waals surface area contributed by atoms with E-state index in [2.05, 4.69) is 21.0 Å². The average Bonchev–Trinajstić information content (AvgIpc) is 2.64. The number of rotatable bonds is 1. The molecule has 0 aromatic carbocycles. The minimum atomic E-state index is 0.538. The van der Waals surface area contributed by atoms with Crippen LogP contribution in [0.5, 0.6) is 0 Å². The van der Waals surface area contributed by atoms with Gasteiger partial charge in [-0.2, -0.15) is 5.10 Å². The quantitative estimate of drug-likeness (QED) is 0.804. The normalized spacial score (nSPS) is 18.8. The van der Waals surface area contributed by atoms with Crippen LogP contribution in [0.3, 0.4) is 0 Å². The van der Waals surface area contributed by atoms with Crippen LogP contribution >= 0.6 is 15.9 Å².